The van der Waals surface area contributed by atoms with Crippen LogP contribution in [0.5, 0.6) is 5.75 Å². The van der Waals surface area contributed by atoms with E-state index in [1.807, 2.05) is 0 Å². The van der Waals surface area contributed by atoms with E-state index in [-0.39, 0.29) is 6.61 Å². The van der Waals surface area contributed by atoms with Crippen LogP contribution in [-0.2, 0) is 19.0 Å². The zero-order chi connectivity index (χ0) is 21.4. The molecule has 10 heteroatoms. The van der Waals surface area contributed by atoms with Crippen LogP contribution in [0.25, 0.3) is 6.08 Å². The van der Waals surface area contributed by atoms with Gasteiger partial charge in [-0.3, -0.25) is 0 Å². The second-order valence-corrected chi connectivity index (χ2v) is 6.37. The van der Waals surface area contributed by atoms with E-state index in [1.165, 1.54) is 12.2 Å². The highest BCUT2D eigenvalue weighted by molar-refractivity contribution is 5.87. The molecule has 162 valence electrons. The Hall–Kier alpha value is -2.05. The summed E-state index contributed by atoms with van der Waals surface area (Å²) in [5.41, 5.74) is 0.749. The molecule has 5 N–H and O–H groups in total. The van der Waals surface area contributed by atoms with Crippen LogP contribution in [0, 0.1) is 0 Å². The smallest absolute Gasteiger partial charge is 0.330 e. The maximum Gasteiger partial charge on any atom is 0.330 e. The molecule has 0 spiro atoms. The minimum absolute atomic E-state index is 0.350. The third-order valence-electron chi connectivity index (χ3n) is 4.32. The number of aliphatic hydroxyl groups is 5. The van der Waals surface area contributed by atoms with Gasteiger partial charge in [0.15, 0.2) is 6.29 Å². The van der Waals surface area contributed by atoms with Gasteiger partial charge in [-0.1, -0.05) is 12.1 Å². The summed E-state index contributed by atoms with van der Waals surface area (Å²) in [6, 6.07) is 6.98. The molecule has 1 fully saturated rings. The molecule has 6 atom stereocenters. The van der Waals surface area contributed by atoms with Gasteiger partial charge in [0, 0.05) is 6.08 Å². The molecule has 2 rings (SSSR count). The van der Waals surface area contributed by atoms with Gasteiger partial charge in [0.1, 0.15) is 42.9 Å². The fourth-order valence-corrected chi connectivity index (χ4v) is 2.61. The SMILES string of the molecule is COc1ccc(C=CC(=O)OCC(CO)OC2OC(CO)C(O)C(O)C2O)cc1. The molecule has 1 aromatic rings. The number of carbonyl (C=O) groups is 1. The summed E-state index contributed by atoms with van der Waals surface area (Å²) < 4.78 is 20.6. The molecule has 1 heterocycles. The molecule has 0 radical (unpaired) electrons. The maximum atomic E-state index is 11.9. The Bertz CT molecular complexity index is 659. The van der Waals surface area contributed by atoms with Crippen LogP contribution in [-0.4, -0.2) is 95.2 Å². The molecule has 0 bridgehead atoms. The molecule has 1 aliphatic heterocycles. The van der Waals surface area contributed by atoms with E-state index >= 15 is 0 Å². The van der Waals surface area contributed by atoms with Gasteiger partial charge in [-0.25, -0.2) is 4.79 Å². The number of aliphatic hydroxyl groups excluding tert-OH is 5. The molecule has 6 unspecified atom stereocenters. The zero-order valence-corrected chi connectivity index (χ0v) is 15.8. The number of ether oxygens (including phenoxy) is 4. The van der Waals surface area contributed by atoms with E-state index in [0.29, 0.717) is 5.75 Å². The number of hydrogen-bond acceptors (Lipinski definition) is 10. The van der Waals surface area contributed by atoms with E-state index in [1.54, 1.807) is 31.4 Å². The molecule has 0 aromatic heterocycles. The number of benzene rings is 1. The minimum Gasteiger partial charge on any atom is -0.497 e. The Morgan fingerprint density at radius 2 is 1.83 bits per heavy atom. The van der Waals surface area contributed by atoms with Crippen molar-refractivity contribution in [2.75, 3.05) is 26.9 Å². The third-order valence-corrected chi connectivity index (χ3v) is 4.32. The van der Waals surface area contributed by atoms with Crippen LogP contribution < -0.4 is 4.74 Å². The molecule has 0 aliphatic carbocycles. The topological polar surface area (TPSA) is 155 Å². The number of rotatable bonds is 9. The van der Waals surface area contributed by atoms with Gasteiger partial charge >= 0.3 is 5.97 Å². The fraction of sp³-hybridized carbons (Fsp3) is 0.526. The van der Waals surface area contributed by atoms with Gasteiger partial charge in [0.05, 0.1) is 20.3 Å². The Morgan fingerprint density at radius 3 is 2.41 bits per heavy atom. The van der Waals surface area contributed by atoms with Crippen molar-refractivity contribution >= 4 is 12.0 Å². The Balaban J connectivity index is 1.85. The minimum atomic E-state index is -1.62. The standard InChI is InChI=1S/C19H26O10/c1-26-12-5-2-11(3-6-12)4-7-15(22)27-10-13(8-20)28-19-18(25)17(24)16(23)14(9-21)29-19/h2-7,13-14,16-21,23-25H,8-10H2,1H3. The zero-order valence-electron chi connectivity index (χ0n) is 15.8. The quantitative estimate of drug-likeness (QED) is 0.236. The van der Waals surface area contributed by atoms with Crippen LogP contribution >= 0.6 is 0 Å². The van der Waals surface area contributed by atoms with Crippen LogP contribution in [0.4, 0.5) is 0 Å². The van der Waals surface area contributed by atoms with Crippen LogP contribution in [0.2, 0.25) is 0 Å². The maximum absolute atomic E-state index is 11.9. The Labute approximate surface area is 167 Å². The van der Waals surface area contributed by atoms with Crippen molar-refractivity contribution in [3.63, 3.8) is 0 Å². The molecule has 0 saturated carbocycles. The summed E-state index contributed by atoms with van der Waals surface area (Å²) in [5.74, 6) is -0.00229. The van der Waals surface area contributed by atoms with Crippen LogP contribution in [0.15, 0.2) is 30.3 Å². The largest absolute Gasteiger partial charge is 0.497 e. The number of carbonyl (C=O) groups excluding carboxylic acids is 1. The highest BCUT2D eigenvalue weighted by Crippen LogP contribution is 2.23. The lowest BCUT2D eigenvalue weighted by molar-refractivity contribution is -0.315. The first kappa shape index (κ1) is 23.2. The molecule has 29 heavy (non-hydrogen) atoms. The Morgan fingerprint density at radius 1 is 1.14 bits per heavy atom. The molecule has 1 saturated heterocycles. The Kier molecular flexibility index (Phi) is 8.99. The summed E-state index contributed by atoms with van der Waals surface area (Å²) in [6.45, 7) is -1.53. The summed E-state index contributed by atoms with van der Waals surface area (Å²) in [4.78, 5) is 11.9. The predicted octanol–water partition coefficient (Wildman–Crippen LogP) is -1.57. The van der Waals surface area contributed by atoms with E-state index in [4.69, 9.17) is 24.1 Å². The van der Waals surface area contributed by atoms with Crippen molar-refractivity contribution in [1.29, 1.82) is 0 Å². The molecular formula is C19H26O10. The van der Waals surface area contributed by atoms with Crippen molar-refractivity contribution in [3.05, 3.63) is 35.9 Å². The van der Waals surface area contributed by atoms with Gasteiger partial charge in [-0.15, -0.1) is 0 Å². The lowest BCUT2D eigenvalue weighted by Gasteiger charge is -2.40. The average molecular weight is 414 g/mol. The predicted molar refractivity (Wildman–Crippen MR) is 98.7 cm³/mol. The van der Waals surface area contributed by atoms with Gasteiger partial charge in [0.2, 0.25) is 0 Å². The summed E-state index contributed by atoms with van der Waals surface area (Å²) in [7, 11) is 1.55. The molecule has 1 aliphatic rings. The van der Waals surface area contributed by atoms with Crippen LogP contribution in [0.3, 0.4) is 0 Å². The summed E-state index contributed by atoms with van der Waals surface area (Å²) >= 11 is 0. The first-order chi connectivity index (χ1) is 13.9. The van der Waals surface area contributed by atoms with E-state index < -0.39 is 56.0 Å². The molecular weight excluding hydrogens is 388 g/mol. The summed E-state index contributed by atoms with van der Waals surface area (Å²) in [6.07, 6.45) is -5.66. The summed E-state index contributed by atoms with van der Waals surface area (Å²) in [5, 5.41) is 48.0. The monoisotopic (exact) mass is 414 g/mol. The number of hydrogen-bond donors (Lipinski definition) is 5. The highest BCUT2D eigenvalue weighted by atomic mass is 16.7. The average Bonchev–Trinajstić information content (AvgIpc) is 2.75. The van der Waals surface area contributed by atoms with E-state index in [0.717, 1.165) is 5.56 Å². The molecule has 1 aromatic carbocycles. The normalized spacial score (nSPS) is 28.3. The first-order valence-corrected chi connectivity index (χ1v) is 8.95. The third kappa shape index (κ3) is 6.47. The van der Waals surface area contributed by atoms with Crippen molar-refractivity contribution < 1.29 is 49.3 Å². The second-order valence-electron chi connectivity index (χ2n) is 6.37. The lowest BCUT2D eigenvalue weighted by atomic mass is 9.99. The number of esters is 1. The van der Waals surface area contributed by atoms with Crippen molar-refractivity contribution in [2.45, 2.75) is 36.8 Å². The molecule has 10 nitrogen and oxygen atoms in total. The lowest BCUT2D eigenvalue weighted by Crippen LogP contribution is -2.60. The van der Waals surface area contributed by atoms with Crippen molar-refractivity contribution in [2.24, 2.45) is 0 Å². The van der Waals surface area contributed by atoms with Gasteiger partial charge in [-0.2, -0.15) is 0 Å². The van der Waals surface area contributed by atoms with Gasteiger partial charge in [-0.05, 0) is 23.8 Å². The fourth-order valence-electron chi connectivity index (χ4n) is 2.61. The number of methoxy groups -OCH3 is 1. The van der Waals surface area contributed by atoms with Crippen LogP contribution in [0.1, 0.15) is 5.56 Å². The highest BCUT2D eigenvalue weighted by Gasteiger charge is 2.44. The van der Waals surface area contributed by atoms with Gasteiger partial charge in [0.25, 0.3) is 0 Å². The molecule has 0 amide bonds. The van der Waals surface area contributed by atoms with Crippen molar-refractivity contribution in [3.8, 4) is 5.75 Å². The van der Waals surface area contributed by atoms with E-state index in [9.17, 15) is 25.2 Å². The van der Waals surface area contributed by atoms with E-state index in [2.05, 4.69) is 0 Å². The second kappa shape index (κ2) is 11.2. The van der Waals surface area contributed by atoms with Gasteiger partial charge < -0.3 is 44.5 Å². The first-order valence-electron chi connectivity index (χ1n) is 8.95. The van der Waals surface area contributed by atoms with Crippen molar-refractivity contribution in [1.82, 2.24) is 0 Å².